The molecule has 2 nitrogen and oxygen atoms in total. The maximum Gasteiger partial charge on any atom is 0.0334 e. The highest BCUT2D eigenvalue weighted by Crippen LogP contribution is 2.45. The van der Waals surface area contributed by atoms with E-state index in [-0.39, 0.29) is 0 Å². The average molecular weight is 268 g/mol. The Labute approximate surface area is 116 Å². The molecule has 3 rings (SSSR count). The lowest BCUT2D eigenvalue weighted by Gasteiger charge is -2.49. The van der Waals surface area contributed by atoms with Gasteiger partial charge in [0.15, 0.2) is 0 Å². The Morgan fingerprint density at radius 2 is 2.06 bits per heavy atom. The van der Waals surface area contributed by atoms with E-state index in [4.69, 9.17) is 0 Å². The Balaban J connectivity index is 1.61. The maximum atomic E-state index is 3.87. The van der Waals surface area contributed by atoms with E-state index in [0.29, 0.717) is 5.54 Å². The first-order valence-corrected chi connectivity index (χ1v) is 9.11. The molecule has 0 aromatic heterocycles. The van der Waals surface area contributed by atoms with E-state index in [0.717, 1.165) is 17.9 Å². The van der Waals surface area contributed by atoms with E-state index in [2.05, 4.69) is 23.4 Å². The summed E-state index contributed by atoms with van der Waals surface area (Å²) in [4.78, 5) is 2.85. The van der Waals surface area contributed by atoms with Gasteiger partial charge in [-0.1, -0.05) is 0 Å². The summed E-state index contributed by atoms with van der Waals surface area (Å²) >= 11 is 1.99. The van der Waals surface area contributed by atoms with Crippen LogP contribution < -0.4 is 5.32 Å². The fraction of sp³-hybridized carbons (Fsp3) is 1.00. The lowest BCUT2D eigenvalue weighted by Crippen LogP contribution is -2.65. The number of piperazine rings is 1. The van der Waals surface area contributed by atoms with Crippen molar-refractivity contribution in [3.8, 4) is 0 Å². The summed E-state index contributed by atoms with van der Waals surface area (Å²) in [5.74, 6) is 3.29. The Kier molecular flexibility index (Phi) is 3.93. The number of hydrogen-bond acceptors (Lipinski definition) is 3. The van der Waals surface area contributed by atoms with Crippen LogP contribution in [-0.2, 0) is 0 Å². The lowest BCUT2D eigenvalue weighted by molar-refractivity contribution is 0.0309. The molecule has 0 aromatic rings. The second-order valence-corrected chi connectivity index (χ2v) is 7.73. The first-order chi connectivity index (χ1) is 8.74. The second kappa shape index (κ2) is 5.34. The van der Waals surface area contributed by atoms with Crippen LogP contribution in [0.25, 0.3) is 0 Å². The van der Waals surface area contributed by atoms with Crippen molar-refractivity contribution in [1.82, 2.24) is 10.2 Å². The number of thioether (sulfide) groups is 1. The normalized spacial score (nSPS) is 38.0. The van der Waals surface area contributed by atoms with Crippen molar-refractivity contribution in [3.63, 3.8) is 0 Å². The van der Waals surface area contributed by atoms with Crippen molar-refractivity contribution in [3.05, 3.63) is 0 Å². The summed E-state index contributed by atoms with van der Waals surface area (Å²) in [6.45, 7) is 6.38. The van der Waals surface area contributed by atoms with Gasteiger partial charge in [0.25, 0.3) is 0 Å². The molecule has 1 saturated heterocycles. The van der Waals surface area contributed by atoms with Crippen LogP contribution in [0.1, 0.15) is 39.0 Å². The zero-order valence-electron chi connectivity index (χ0n) is 12.0. The van der Waals surface area contributed by atoms with Gasteiger partial charge in [0.1, 0.15) is 0 Å². The largest absolute Gasteiger partial charge is 0.311 e. The molecule has 2 atom stereocenters. The third-order valence-corrected chi connectivity index (χ3v) is 5.98. The molecule has 1 N–H and O–H groups in total. The van der Waals surface area contributed by atoms with Gasteiger partial charge >= 0.3 is 0 Å². The summed E-state index contributed by atoms with van der Waals surface area (Å²) in [7, 11) is 0. The first-order valence-electron chi connectivity index (χ1n) is 7.71. The van der Waals surface area contributed by atoms with E-state index in [1.54, 1.807) is 0 Å². The van der Waals surface area contributed by atoms with Gasteiger partial charge in [-0.2, -0.15) is 11.8 Å². The van der Waals surface area contributed by atoms with Crippen molar-refractivity contribution in [2.75, 3.05) is 31.6 Å². The van der Waals surface area contributed by atoms with Crippen LogP contribution >= 0.6 is 11.8 Å². The molecule has 104 valence electrons. The molecule has 0 radical (unpaired) electrons. The molecular formula is C15H28N2S. The molecule has 3 aliphatic rings. The molecular weight excluding hydrogens is 240 g/mol. The maximum absolute atomic E-state index is 3.87. The second-order valence-electron chi connectivity index (χ2n) is 6.75. The van der Waals surface area contributed by atoms with Gasteiger partial charge in [0, 0.05) is 24.7 Å². The van der Waals surface area contributed by atoms with Crippen LogP contribution in [0.4, 0.5) is 0 Å². The lowest BCUT2D eigenvalue weighted by atomic mass is 9.88. The van der Waals surface area contributed by atoms with Crippen molar-refractivity contribution >= 4 is 11.8 Å². The van der Waals surface area contributed by atoms with Gasteiger partial charge < -0.3 is 5.32 Å². The van der Waals surface area contributed by atoms with Crippen molar-refractivity contribution in [2.45, 2.75) is 50.6 Å². The minimum absolute atomic E-state index is 0.462. The van der Waals surface area contributed by atoms with Gasteiger partial charge in [0.05, 0.1) is 0 Å². The fourth-order valence-corrected chi connectivity index (χ4v) is 4.05. The van der Waals surface area contributed by atoms with E-state index < -0.39 is 0 Å². The zero-order chi connectivity index (χ0) is 12.6. The highest BCUT2D eigenvalue weighted by molar-refractivity contribution is 7.98. The van der Waals surface area contributed by atoms with Crippen LogP contribution in [0, 0.1) is 11.8 Å². The predicted molar refractivity (Wildman–Crippen MR) is 80.2 cm³/mol. The topological polar surface area (TPSA) is 15.3 Å². The minimum atomic E-state index is 0.462. The zero-order valence-corrected chi connectivity index (χ0v) is 12.8. The van der Waals surface area contributed by atoms with Gasteiger partial charge in [-0.15, -0.1) is 0 Å². The highest BCUT2D eigenvalue weighted by Gasteiger charge is 2.49. The molecule has 1 heterocycles. The highest BCUT2D eigenvalue weighted by atomic mass is 32.2. The first kappa shape index (κ1) is 13.3. The molecule has 2 aliphatic carbocycles. The van der Waals surface area contributed by atoms with Crippen LogP contribution in [0.3, 0.4) is 0 Å². The van der Waals surface area contributed by atoms with Crippen molar-refractivity contribution < 1.29 is 0 Å². The SMILES string of the molecule is CSCCCN1CC(C2CC2)NCC1(C)C1CC1. The molecule has 0 amide bonds. The molecule has 2 unspecified atom stereocenters. The summed E-state index contributed by atoms with van der Waals surface area (Å²) < 4.78 is 0. The van der Waals surface area contributed by atoms with Crippen LogP contribution in [0.5, 0.6) is 0 Å². The number of nitrogens with one attached hydrogen (secondary N) is 1. The van der Waals surface area contributed by atoms with Crippen LogP contribution in [0.15, 0.2) is 0 Å². The summed E-state index contributed by atoms with van der Waals surface area (Å²) in [6.07, 6.45) is 9.45. The van der Waals surface area contributed by atoms with Crippen LogP contribution in [-0.4, -0.2) is 48.1 Å². The molecule has 3 heteroatoms. The Morgan fingerprint density at radius 3 is 2.67 bits per heavy atom. The molecule has 2 saturated carbocycles. The number of nitrogens with zero attached hydrogens (tertiary/aromatic N) is 1. The molecule has 0 bridgehead atoms. The third-order valence-electron chi connectivity index (χ3n) is 5.29. The smallest absolute Gasteiger partial charge is 0.0334 e. The van der Waals surface area contributed by atoms with E-state index >= 15 is 0 Å². The van der Waals surface area contributed by atoms with E-state index in [1.807, 2.05) is 11.8 Å². The molecule has 3 fully saturated rings. The Morgan fingerprint density at radius 1 is 1.28 bits per heavy atom. The fourth-order valence-electron chi connectivity index (χ4n) is 3.63. The number of hydrogen-bond donors (Lipinski definition) is 1. The quantitative estimate of drug-likeness (QED) is 0.746. The van der Waals surface area contributed by atoms with Gasteiger partial charge in [-0.25, -0.2) is 0 Å². The minimum Gasteiger partial charge on any atom is -0.311 e. The molecule has 0 aromatic carbocycles. The Bertz CT molecular complexity index is 288. The summed E-state index contributed by atoms with van der Waals surface area (Å²) in [5, 5.41) is 3.87. The summed E-state index contributed by atoms with van der Waals surface area (Å²) in [5.41, 5.74) is 0.462. The van der Waals surface area contributed by atoms with Crippen molar-refractivity contribution in [2.24, 2.45) is 11.8 Å². The van der Waals surface area contributed by atoms with E-state index in [1.165, 1.54) is 57.5 Å². The van der Waals surface area contributed by atoms with Crippen molar-refractivity contribution in [1.29, 1.82) is 0 Å². The summed E-state index contributed by atoms with van der Waals surface area (Å²) in [6, 6.07) is 0.797. The Hall–Kier alpha value is 0.270. The predicted octanol–water partition coefficient (Wildman–Crippen LogP) is 2.59. The van der Waals surface area contributed by atoms with Gasteiger partial charge in [0.2, 0.25) is 0 Å². The van der Waals surface area contributed by atoms with Gasteiger partial charge in [-0.05, 0) is 69.4 Å². The molecule has 0 spiro atoms. The monoisotopic (exact) mass is 268 g/mol. The third kappa shape index (κ3) is 2.73. The van der Waals surface area contributed by atoms with Gasteiger partial charge in [-0.3, -0.25) is 4.90 Å². The molecule has 18 heavy (non-hydrogen) atoms. The average Bonchev–Trinajstić information content (AvgIpc) is 3.22. The number of rotatable bonds is 6. The van der Waals surface area contributed by atoms with Crippen LogP contribution in [0.2, 0.25) is 0 Å². The van der Waals surface area contributed by atoms with E-state index in [9.17, 15) is 0 Å². The standard InChI is InChI=1S/C15H28N2S/c1-15(13-6-7-13)11-16-14(12-4-5-12)10-17(15)8-3-9-18-2/h12-14,16H,3-11H2,1-2H3. The molecule has 1 aliphatic heterocycles.